The van der Waals surface area contributed by atoms with Crippen LogP contribution in [0.3, 0.4) is 0 Å². The highest BCUT2D eigenvalue weighted by Crippen LogP contribution is 2.31. The summed E-state index contributed by atoms with van der Waals surface area (Å²) in [5.74, 6) is 3.56. The predicted molar refractivity (Wildman–Crippen MR) is 80.4 cm³/mol. The maximum absolute atomic E-state index is 5.90. The highest BCUT2D eigenvalue weighted by atomic mass is 16.5. The lowest BCUT2D eigenvalue weighted by Gasteiger charge is -2.31. The Labute approximate surface area is 121 Å². The van der Waals surface area contributed by atoms with Gasteiger partial charge in [0.05, 0.1) is 13.7 Å². The van der Waals surface area contributed by atoms with Gasteiger partial charge in [0, 0.05) is 6.54 Å². The summed E-state index contributed by atoms with van der Waals surface area (Å²) in [6.45, 7) is 4.70. The minimum Gasteiger partial charge on any atom is -0.497 e. The van der Waals surface area contributed by atoms with Gasteiger partial charge in [-0.05, 0) is 74.9 Å². The molecule has 1 saturated heterocycles. The van der Waals surface area contributed by atoms with Gasteiger partial charge in [-0.15, -0.1) is 0 Å². The van der Waals surface area contributed by atoms with Crippen LogP contribution in [0.1, 0.15) is 25.7 Å². The van der Waals surface area contributed by atoms with Gasteiger partial charge in [-0.2, -0.15) is 0 Å². The molecule has 1 aromatic rings. The molecular weight excluding hydrogens is 250 g/mol. The molecule has 0 bridgehead atoms. The summed E-state index contributed by atoms with van der Waals surface area (Å²) in [7, 11) is 1.69. The molecule has 20 heavy (non-hydrogen) atoms. The SMILES string of the molecule is COc1ccc(OCC2CCN(CC3CC3)CC2)cc1. The summed E-state index contributed by atoms with van der Waals surface area (Å²) < 4.78 is 11.1. The Morgan fingerprint density at radius 2 is 1.60 bits per heavy atom. The molecule has 1 heterocycles. The van der Waals surface area contributed by atoms with Gasteiger partial charge < -0.3 is 14.4 Å². The van der Waals surface area contributed by atoms with Crippen LogP contribution in [0, 0.1) is 11.8 Å². The van der Waals surface area contributed by atoms with E-state index in [9.17, 15) is 0 Å². The average Bonchev–Trinajstić information content (AvgIpc) is 3.31. The quantitative estimate of drug-likeness (QED) is 0.796. The molecule has 2 aliphatic rings. The van der Waals surface area contributed by atoms with Gasteiger partial charge in [-0.1, -0.05) is 0 Å². The third-order valence-electron chi connectivity index (χ3n) is 4.47. The van der Waals surface area contributed by atoms with Gasteiger partial charge in [0.2, 0.25) is 0 Å². The van der Waals surface area contributed by atoms with Crippen molar-refractivity contribution in [3.8, 4) is 11.5 Å². The number of nitrogens with zero attached hydrogens (tertiary/aromatic N) is 1. The van der Waals surface area contributed by atoms with Crippen LogP contribution in [0.4, 0.5) is 0 Å². The van der Waals surface area contributed by atoms with Crippen LogP contribution in [0.15, 0.2) is 24.3 Å². The van der Waals surface area contributed by atoms with E-state index in [2.05, 4.69) is 4.90 Å². The number of hydrogen-bond donors (Lipinski definition) is 0. The largest absolute Gasteiger partial charge is 0.497 e. The monoisotopic (exact) mass is 275 g/mol. The van der Waals surface area contributed by atoms with Crippen LogP contribution in [0.25, 0.3) is 0 Å². The molecule has 1 aromatic carbocycles. The minimum absolute atomic E-state index is 0.715. The fourth-order valence-electron chi connectivity index (χ4n) is 2.89. The van der Waals surface area contributed by atoms with Crippen molar-refractivity contribution in [3.05, 3.63) is 24.3 Å². The van der Waals surface area contributed by atoms with Crippen LogP contribution in [0.5, 0.6) is 11.5 Å². The standard InChI is InChI=1S/C17H25NO2/c1-19-16-4-6-17(7-5-16)20-13-15-8-10-18(11-9-15)12-14-2-3-14/h4-7,14-15H,2-3,8-13H2,1H3. The molecule has 1 saturated carbocycles. The number of piperidine rings is 1. The van der Waals surface area contributed by atoms with Crippen molar-refractivity contribution in [1.29, 1.82) is 0 Å². The second-order valence-electron chi connectivity index (χ2n) is 6.17. The summed E-state index contributed by atoms with van der Waals surface area (Å²) in [5.41, 5.74) is 0. The summed E-state index contributed by atoms with van der Waals surface area (Å²) in [6.07, 6.45) is 5.48. The number of methoxy groups -OCH3 is 1. The molecule has 3 nitrogen and oxygen atoms in total. The first kappa shape index (κ1) is 13.7. The lowest BCUT2D eigenvalue weighted by atomic mass is 9.97. The molecule has 1 aliphatic carbocycles. The smallest absolute Gasteiger partial charge is 0.119 e. The maximum atomic E-state index is 5.90. The topological polar surface area (TPSA) is 21.7 Å². The van der Waals surface area contributed by atoms with E-state index in [4.69, 9.17) is 9.47 Å². The molecule has 2 fully saturated rings. The molecule has 1 aliphatic heterocycles. The van der Waals surface area contributed by atoms with Crippen LogP contribution in [0.2, 0.25) is 0 Å². The third-order valence-corrected chi connectivity index (χ3v) is 4.47. The van der Waals surface area contributed by atoms with Crippen molar-refractivity contribution in [2.24, 2.45) is 11.8 Å². The van der Waals surface area contributed by atoms with Crippen molar-refractivity contribution >= 4 is 0 Å². The van der Waals surface area contributed by atoms with Gasteiger partial charge in [0.15, 0.2) is 0 Å². The van der Waals surface area contributed by atoms with E-state index in [1.54, 1.807) is 7.11 Å². The number of likely N-dealkylation sites (tertiary alicyclic amines) is 1. The number of benzene rings is 1. The fourth-order valence-corrected chi connectivity index (χ4v) is 2.89. The number of ether oxygens (including phenoxy) is 2. The summed E-state index contributed by atoms with van der Waals surface area (Å²) >= 11 is 0. The van der Waals surface area contributed by atoms with Crippen molar-refractivity contribution in [3.63, 3.8) is 0 Å². The third kappa shape index (κ3) is 3.89. The van der Waals surface area contributed by atoms with Crippen molar-refractivity contribution in [1.82, 2.24) is 4.90 Å². The second-order valence-corrected chi connectivity index (χ2v) is 6.17. The van der Waals surface area contributed by atoms with Crippen molar-refractivity contribution in [2.75, 3.05) is 33.4 Å². The Balaban J connectivity index is 1.38. The zero-order chi connectivity index (χ0) is 13.8. The Hall–Kier alpha value is -1.22. The van der Waals surface area contributed by atoms with Gasteiger partial charge >= 0.3 is 0 Å². The molecule has 3 rings (SSSR count). The lowest BCUT2D eigenvalue weighted by Crippen LogP contribution is -2.36. The van der Waals surface area contributed by atoms with Crippen molar-refractivity contribution in [2.45, 2.75) is 25.7 Å². The Kier molecular flexibility index (Phi) is 4.46. The second kappa shape index (κ2) is 6.49. The Morgan fingerprint density at radius 3 is 2.20 bits per heavy atom. The van der Waals surface area contributed by atoms with Crippen LogP contribution >= 0.6 is 0 Å². The molecule has 110 valence electrons. The van der Waals surface area contributed by atoms with Gasteiger partial charge in [0.1, 0.15) is 11.5 Å². The lowest BCUT2D eigenvalue weighted by molar-refractivity contribution is 0.138. The first-order valence-electron chi connectivity index (χ1n) is 7.82. The summed E-state index contributed by atoms with van der Waals surface area (Å²) in [4.78, 5) is 2.64. The number of hydrogen-bond acceptors (Lipinski definition) is 3. The summed E-state index contributed by atoms with van der Waals surface area (Å²) in [6, 6.07) is 7.88. The van der Waals surface area contributed by atoms with Crippen LogP contribution < -0.4 is 9.47 Å². The Morgan fingerprint density at radius 1 is 0.950 bits per heavy atom. The first-order chi connectivity index (χ1) is 9.83. The zero-order valence-corrected chi connectivity index (χ0v) is 12.4. The first-order valence-corrected chi connectivity index (χ1v) is 7.82. The molecule has 0 amide bonds. The van der Waals surface area contributed by atoms with Gasteiger partial charge in [-0.3, -0.25) is 0 Å². The number of rotatable bonds is 6. The van der Waals surface area contributed by atoms with E-state index in [1.165, 1.54) is 45.3 Å². The van der Waals surface area contributed by atoms with E-state index in [0.29, 0.717) is 5.92 Å². The molecule has 0 aromatic heterocycles. The van der Waals surface area contributed by atoms with E-state index >= 15 is 0 Å². The van der Waals surface area contributed by atoms with E-state index < -0.39 is 0 Å². The van der Waals surface area contributed by atoms with E-state index in [-0.39, 0.29) is 0 Å². The zero-order valence-electron chi connectivity index (χ0n) is 12.4. The molecule has 0 atom stereocenters. The fraction of sp³-hybridized carbons (Fsp3) is 0.647. The normalized spacial score (nSPS) is 20.9. The Bertz CT molecular complexity index is 406. The van der Waals surface area contributed by atoms with E-state index in [1.807, 2.05) is 24.3 Å². The predicted octanol–water partition coefficient (Wildman–Crippen LogP) is 3.20. The summed E-state index contributed by atoms with van der Waals surface area (Å²) in [5, 5.41) is 0. The van der Waals surface area contributed by atoms with Crippen LogP contribution in [-0.2, 0) is 0 Å². The molecular formula is C17H25NO2. The van der Waals surface area contributed by atoms with Gasteiger partial charge in [-0.25, -0.2) is 0 Å². The van der Waals surface area contributed by atoms with Crippen molar-refractivity contribution < 1.29 is 9.47 Å². The minimum atomic E-state index is 0.715. The molecule has 0 radical (unpaired) electrons. The highest BCUT2D eigenvalue weighted by Gasteiger charge is 2.27. The maximum Gasteiger partial charge on any atom is 0.119 e. The molecule has 0 unspecified atom stereocenters. The van der Waals surface area contributed by atoms with Crippen LogP contribution in [-0.4, -0.2) is 38.3 Å². The van der Waals surface area contributed by atoms with E-state index in [0.717, 1.165) is 24.0 Å². The highest BCUT2D eigenvalue weighted by molar-refractivity contribution is 5.31. The average molecular weight is 275 g/mol. The molecule has 0 spiro atoms. The molecule has 3 heteroatoms. The molecule has 0 N–H and O–H groups in total. The van der Waals surface area contributed by atoms with Gasteiger partial charge in [0.25, 0.3) is 0 Å².